The molecule has 0 saturated carbocycles. The summed E-state index contributed by atoms with van der Waals surface area (Å²) in [6, 6.07) is 12.7. The zero-order valence-electron chi connectivity index (χ0n) is 12.5. The van der Waals surface area contributed by atoms with Crippen LogP contribution in [-0.4, -0.2) is 5.11 Å². The molecule has 0 radical (unpaired) electrons. The summed E-state index contributed by atoms with van der Waals surface area (Å²) in [7, 11) is 0. The van der Waals surface area contributed by atoms with Gasteiger partial charge in [-0.3, -0.25) is 0 Å². The molecule has 2 aromatic rings. The first-order chi connectivity index (χ1) is 9.95. The Hall–Kier alpha value is -1.14. The molecule has 0 bridgehead atoms. The van der Waals surface area contributed by atoms with E-state index in [4.69, 9.17) is 12.2 Å². The number of anilines is 1. The molecule has 2 nitrogen and oxygen atoms in total. The van der Waals surface area contributed by atoms with E-state index in [1.54, 1.807) is 0 Å². The molecular formula is C17H19IN2S. The molecule has 110 valence electrons. The minimum atomic E-state index is 0.653. The fraction of sp³-hybridized carbons (Fsp3) is 0.235. The summed E-state index contributed by atoms with van der Waals surface area (Å²) in [5, 5.41) is 7.19. The summed E-state index contributed by atoms with van der Waals surface area (Å²) >= 11 is 7.70. The summed E-state index contributed by atoms with van der Waals surface area (Å²) in [6.45, 7) is 7.06. The van der Waals surface area contributed by atoms with Crippen LogP contribution in [0.4, 0.5) is 5.69 Å². The van der Waals surface area contributed by atoms with Gasteiger partial charge < -0.3 is 10.6 Å². The van der Waals surface area contributed by atoms with Crippen LogP contribution in [0.5, 0.6) is 0 Å². The molecule has 0 amide bonds. The van der Waals surface area contributed by atoms with Gasteiger partial charge in [-0.25, -0.2) is 0 Å². The minimum Gasteiger partial charge on any atom is -0.358 e. The van der Waals surface area contributed by atoms with E-state index in [-0.39, 0.29) is 0 Å². The molecule has 0 unspecified atom stereocenters. The maximum Gasteiger partial charge on any atom is 0.171 e. The number of aryl methyl sites for hydroxylation is 3. The first kappa shape index (κ1) is 16.2. The third kappa shape index (κ3) is 4.68. The lowest BCUT2D eigenvalue weighted by molar-refractivity contribution is 0.924. The molecule has 0 aliphatic carbocycles. The topological polar surface area (TPSA) is 24.1 Å². The number of nitrogens with one attached hydrogen (secondary N) is 2. The average Bonchev–Trinajstić information content (AvgIpc) is 2.43. The van der Waals surface area contributed by atoms with Crippen molar-refractivity contribution in [1.82, 2.24) is 5.32 Å². The van der Waals surface area contributed by atoms with Crippen molar-refractivity contribution in [3.05, 3.63) is 62.2 Å². The van der Waals surface area contributed by atoms with E-state index in [0.717, 1.165) is 12.2 Å². The number of rotatable bonds is 3. The van der Waals surface area contributed by atoms with Gasteiger partial charge in [0.15, 0.2) is 5.11 Å². The normalized spacial score (nSPS) is 10.3. The molecule has 0 heterocycles. The standard InChI is InChI=1S/C17H19IN2S/c1-11-7-13(3)16(8-12(11)2)20-17(21)19-10-14-5-4-6-15(18)9-14/h4-9H,10H2,1-3H3,(H2,19,20,21). The fourth-order valence-electron chi connectivity index (χ4n) is 2.09. The molecule has 4 heteroatoms. The van der Waals surface area contributed by atoms with Crippen LogP contribution in [0.3, 0.4) is 0 Å². The first-order valence-corrected chi connectivity index (χ1v) is 8.31. The predicted molar refractivity (Wildman–Crippen MR) is 103 cm³/mol. The van der Waals surface area contributed by atoms with Gasteiger partial charge in [0.1, 0.15) is 0 Å². The SMILES string of the molecule is Cc1cc(C)c(NC(=S)NCc2cccc(I)c2)cc1C. The van der Waals surface area contributed by atoms with Crippen molar-refractivity contribution in [2.24, 2.45) is 0 Å². The molecule has 0 spiro atoms. The minimum absolute atomic E-state index is 0.653. The second kappa shape index (κ2) is 7.22. The van der Waals surface area contributed by atoms with Crippen LogP contribution in [0.2, 0.25) is 0 Å². The molecule has 0 atom stereocenters. The van der Waals surface area contributed by atoms with Gasteiger partial charge in [0.2, 0.25) is 0 Å². The van der Waals surface area contributed by atoms with E-state index in [1.807, 2.05) is 0 Å². The quantitative estimate of drug-likeness (QED) is 0.567. The molecule has 21 heavy (non-hydrogen) atoms. The number of thiocarbonyl (C=S) groups is 1. The maximum absolute atomic E-state index is 5.38. The zero-order valence-corrected chi connectivity index (χ0v) is 15.4. The summed E-state index contributed by atoms with van der Waals surface area (Å²) in [6.07, 6.45) is 0. The second-order valence-electron chi connectivity index (χ2n) is 5.19. The molecule has 0 fully saturated rings. The molecule has 0 aliphatic heterocycles. The number of halogens is 1. The summed E-state index contributed by atoms with van der Waals surface area (Å²) in [5.41, 5.74) is 6.07. The van der Waals surface area contributed by atoms with Gasteiger partial charge in [0.05, 0.1) is 0 Å². The van der Waals surface area contributed by atoms with Crippen molar-refractivity contribution in [2.45, 2.75) is 27.3 Å². The number of hydrogen-bond donors (Lipinski definition) is 2. The van der Waals surface area contributed by atoms with Crippen LogP contribution >= 0.6 is 34.8 Å². The average molecular weight is 410 g/mol. The molecule has 2 N–H and O–H groups in total. The smallest absolute Gasteiger partial charge is 0.171 e. The third-order valence-corrected chi connectivity index (χ3v) is 4.35. The molecule has 0 saturated heterocycles. The van der Waals surface area contributed by atoms with Crippen LogP contribution in [-0.2, 0) is 6.54 Å². The van der Waals surface area contributed by atoms with E-state index in [9.17, 15) is 0 Å². The first-order valence-electron chi connectivity index (χ1n) is 6.83. The van der Waals surface area contributed by atoms with Crippen LogP contribution in [0.25, 0.3) is 0 Å². The van der Waals surface area contributed by atoms with Gasteiger partial charge in [-0.05, 0) is 96.0 Å². The number of benzene rings is 2. The van der Waals surface area contributed by atoms with E-state index < -0.39 is 0 Å². The van der Waals surface area contributed by atoms with Crippen molar-refractivity contribution in [2.75, 3.05) is 5.32 Å². The largest absolute Gasteiger partial charge is 0.358 e. The monoisotopic (exact) mass is 410 g/mol. The van der Waals surface area contributed by atoms with E-state index in [2.05, 4.69) is 90.4 Å². The van der Waals surface area contributed by atoms with Gasteiger partial charge >= 0.3 is 0 Å². The Morgan fingerprint density at radius 2 is 1.76 bits per heavy atom. The molecule has 2 rings (SSSR count). The Kier molecular flexibility index (Phi) is 5.58. The Bertz CT molecular complexity index is 668. The Morgan fingerprint density at radius 3 is 2.48 bits per heavy atom. The van der Waals surface area contributed by atoms with Crippen molar-refractivity contribution in [3.8, 4) is 0 Å². The van der Waals surface area contributed by atoms with Crippen molar-refractivity contribution < 1.29 is 0 Å². The highest BCUT2D eigenvalue weighted by atomic mass is 127. The van der Waals surface area contributed by atoms with Gasteiger partial charge in [0.25, 0.3) is 0 Å². The number of hydrogen-bond acceptors (Lipinski definition) is 1. The van der Waals surface area contributed by atoms with E-state index in [0.29, 0.717) is 5.11 Å². The highest BCUT2D eigenvalue weighted by Gasteiger charge is 2.04. The summed E-state index contributed by atoms with van der Waals surface area (Å²) < 4.78 is 1.23. The van der Waals surface area contributed by atoms with Crippen molar-refractivity contribution >= 4 is 45.6 Å². The Morgan fingerprint density at radius 1 is 1.05 bits per heavy atom. The highest BCUT2D eigenvalue weighted by molar-refractivity contribution is 14.1. The molecule has 0 aromatic heterocycles. The zero-order chi connectivity index (χ0) is 15.4. The van der Waals surface area contributed by atoms with Crippen LogP contribution in [0.15, 0.2) is 36.4 Å². The Labute approximate surface area is 145 Å². The lowest BCUT2D eigenvalue weighted by Gasteiger charge is -2.14. The second-order valence-corrected chi connectivity index (χ2v) is 6.84. The van der Waals surface area contributed by atoms with Crippen molar-refractivity contribution in [3.63, 3.8) is 0 Å². The fourth-order valence-corrected chi connectivity index (χ4v) is 2.88. The summed E-state index contributed by atoms with van der Waals surface area (Å²) in [5.74, 6) is 0. The van der Waals surface area contributed by atoms with E-state index >= 15 is 0 Å². The third-order valence-electron chi connectivity index (χ3n) is 3.43. The lowest BCUT2D eigenvalue weighted by Crippen LogP contribution is -2.28. The lowest BCUT2D eigenvalue weighted by atomic mass is 10.1. The van der Waals surface area contributed by atoms with Gasteiger partial charge in [-0.15, -0.1) is 0 Å². The highest BCUT2D eigenvalue weighted by Crippen LogP contribution is 2.20. The van der Waals surface area contributed by atoms with Gasteiger partial charge in [-0.1, -0.05) is 18.2 Å². The van der Waals surface area contributed by atoms with Crippen LogP contribution < -0.4 is 10.6 Å². The van der Waals surface area contributed by atoms with Crippen LogP contribution in [0, 0.1) is 24.3 Å². The Balaban J connectivity index is 1.97. The van der Waals surface area contributed by atoms with Crippen molar-refractivity contribution in [1.29, 1.82) is 0 Å². The molecular weight excluding hydrogens is 391 g/mol. The maximum atomic E-state index is 5.38. The molecule has 0 aliphatic rings. The van der Waals surface area contributed by atoms with Gasteiger partial charge in [0, 0.05) is 15.8 Å². The van der Waals surface area contributed by atoms with Gasteiger partial charge in [-0.2, -0.15) is 0 Å². The van der Waals surface area contributed by atoms with Crippen LogP contribution in [0.1, 0.15) is 22.3 Å². The predicted octanol–water partition coefficient (Wildman–Crippen LogP) is 4.70. The van der Waals surface area contributed by atoms with E-state index in [1.165, 1.54) is 25.8 Å². The molecule has 2 aromatic carbocycles. The summed E-state index contributed by atoms with van der Waals surface area (Å²) in [4.78, 5) is 0.